The molecule has 0 saturated carbocycles. The Hall–Kier alpha value is -0.870. The average molecular weight is 283 g/mol. The summed E-state index contributed by atoms with van der Waals surface area (Å²) in [6.45, 7) is 4.43. The van der Waals surface area contributed by atoms with Gasteiger partial charge in [-0.1, -0.05) is 38.8 Å². The van der Waals surface area contributed by atoms with Gasteiger partial charge in [-0.15, -0.1) is 0 Å². The first-order valence-corrected chi connectivity index (χ1v) is 8.78. The topological polar surface area (TPSA) is 46.2 Å². The van der Waals surface area contributed by atoms with E-state index >= 15 is 0 Å². The SMILES string of the molecule is CCC(CC)CC(NC)c1ccc(S(C)(=O)=O)cc1. The van der Waals surface area contributed by atoms with Crippen molar-refractivity contribution in [2.45, 2.75) is 44.0 Å². The van der Waals surface area contributed by atoms with Crippen LogP contribution >= 0.6 is 0 Å². The number of hydrogen-bond acceptors (Lipinski definition) is 3. The van der Waals surface area contributed by atoms with Crippen molar-refractivity contribution in [3.63, 3.8) is 0 Å². The Balaban J connectivity index is 2.88. The first-order valence-electron chi connectivity index (χ1n) is 6.89. The monoisotopic (exact) mass is 283 g/mol. The standard InChI is InChI=1S/C15H25NO2S/c1-5-12(6-2)11-15(16-3)13-7-9-14(10-8-13)19(4,17)18/h7-10,12,15-16H,5-6,11H2,1-4H3. The highest BCUT2D eigenvalue weighted by Gasteiger charge is 2.15. The molecule has 0 aliphatic carbocycles. The molecule has 0 spiro atoms. The highest BCUT2D eigenvalue weighted by molar-refractivity contribution is 7.90. The molecule has 0 aromatic heterocycles. The van der Waals surface area contributed by atoms with Crippen LogP contribution in [0.3, 0.4) is 0 Å². The molecule has 1 unspecified atom stereocenters. The molecular formula is C15H25NO2S. The van der Waals surface area contributed by atoms with Crippen LogP contribution in [0.5, 0.6) is 0 Å². The van der Waals surface area contributed by atoms with Gasteiger partial charge in [-0.25, -0.2) is 8.42 Å². The fraction of sp³-hybridized carbons (Fsp3) is 0.600. The second-order valence-electron chi connectivity index (χ2n) is 5.10. The number of nitrogens with one attached hydrogen (secondary N) is 1. The molecule has 1 aromatic carbocycles. The molecule has 4 heteroatoms. The van der Waals surface area contributed by atoms with Gasteiger partial charge in [0.05, 0.1) is 4.90 Å². The van der Waals surface area contributed by atoms with Gasteiger partial charge in [0, 0.05) is 12.3 Å². The number of sulfone groups is 1. The van der Waals surface area contributed by atoms with Crippen molar-refractivity contribution < 1.29 is 8.42 Å². The summed E-state index contributed by atoms with van der Waals surface area (Å²) in [4.78, 5) is 0.383. The second kappa shape index (κ2) is 7.06. The third-order valence-electron chi connectivity index (χ3n) is 3.78. The summed E-state index contributed by atoms with van der Waals surface area (Å²) in [6, 6.07) is 7.52. The Morgan fingerprint density at radius 1 is 1.11 bits per heavy atom. The van der Waals surface area contributed by atoms with Gasteiger partial charge in [0.15, 0.2) is 9.84 Å². The molecule has 1 atom stereocenters. The minimum atomic E-state index is -3.10. The largest absolute Gasteiger partial charge is 0.313 e. The van der Waals surface area contributed by atoms with Crippen LogP contribution in [0.25, 0.3) is 0 Å². The maximum atomic E-state index is 11.4. The van der Waals surface area contributed by atoms with Crippen LogP contribution in [0.4, 0.5) is 0 Å². The van der Waals surface area contributed by atoms with E-state index in [-0.39, 0.29) is 0 Å². The van der Waals surface area contributed by atoms with Crippen LogP contribution in [0.15, 0.2) is 29.2 Å². The van der Waals surface area contributed by atoms with Crippen molar-refractivity contribution in [2.75, 3.05) is 13.3 Å². The summed E-state index contributed by atoms with van der Waals surface area (Å²) < 4.78 is 22.9. The number of rotatable bonds is 7. The Kier molecular flexibility index (Phi) is 6.01. The predicted octanol–water partition coefficient (Wildman–Crippen LogP) is 3.18. The summed E-state index contributed by atoms with van der Waals surface area (Å²) in [5.41, 5.74) is 1.15. The lowest BCUT2D eigenvalue weighted by Crippen LogP contribution is -2.19. The zero-order valence-corrected chi connectivity index (χ0v) is 13.1. The van der Waals surface area contributed by atoms with E-state index < -0.39 is 9.84 Å². The molecule has 19 heavy (non-hydrogen) atoms. The fourth-order valence-electron chi connectivity index (χ4n) is 2.32. The minimum Gasteiger partial charge on any atom is -0.313 e. The predicted molar refractivity (Wildman–Crippen MR) is 80.0 cm³/mol. The van der Waals surface area contributed by atoms with Crippen LogP contribution < -0.4 is 5.32 Å². The van der Waals surface area contributed by atoms with Crippen LogP contribution in [0.2, 0.25) is 0 Å². The van der Waals surface area contributed by atoms with Gasteiger partial charge in [0.1, 0.15) is 0 Å². The zero-order chi connectivity index (χ0) is 14.5. The lowest BCUT2D eigenvalue weighted by atomic mass is 9.91. The minimum absolute atomic E-state index is 0.290. The van der Waals surface area contributed by atoms with Crippen LogP contribution in [-0.2, 0) is 9.84 Å². The van der Waals surface area contributed by atoms with Gasteiger partial charge < -0.3 is 5.32 Å². The van der Waals surface area contributed by atoms with Gasteiger partial charge in [0.25, 0.3) is 0 Å². The van der Waals surface area contributed by atoms with E-state index in [4.69, 9.17) is 0 Å². The number of benzene rings is 1. The highest BCUT2D eigenvalue weighted by Crippen LogP contribution is 2.25. The van der Waals surface area contributed by atoms with E-state index in [0.29, 0.717) is 16.9 Å². The third kappa shape index (κ3) is 4.62. The summed E-state index contributed by atoms with van der Waals surface area (Å²) in [7, 11) is -1.15. The molecular weight excluding hydrogens is 258 g/mol. The molecule has 108 valence electrons. The van der Waals surface area contributed by atoms with E-state index in [1.54, 1.807) is 12.1 Å². The number of hydrogen-bond donors (Lipinski definition) is 1. The molecule has 1 aromatic rings. The van der Waals surface area contributed by atoms with Crippen molar-refractivity contribution >= 4 is 9.84 Å². The molecule has 0 radical (unpaired) electrons. The first kappa shape index (κ1) is 16.2. The highest BCUT2D eigenvalue weighted by atomic mass is 32.2. The maximum Gasteiger partial charge on any atom is 0.175 e. The summed E-state index contributed by atoms with van der Waals surface area (Å²) >= 11 is 0. The maximum absolute atomic E-state index is 11.4. The van der Waals surface area contributed by atoms with E-state index in [1.807, 2.05) is 19.2 Å². The van der Waals surface area contributed by atoms with Crippen molar-refractivity contribution in [3.05, 3.63) is 29.8 Å². The normalized spacial score (nSPS) is 13.7. The lowest BCUT2D eigenvalue weighted by Gasteiger charge is -2.22. The third-order valence-corrected chi connectivity index (χ3v) is 4.91. The van der Waals surface area contributed by atoms with Crippen molar-refractivity contribution in [2.24, 2.45) is 5.92 Å². The van der Waals surface area contributed by atoms with Crippen LogP contribution in [0.1, 0.15) is 44.7 Å². The summed E-state index contributed by atoms with van der Waals surface area (Å²) in [5.74, 6) is 0.701. The fourth-order valence-corrected chi connectivity index (χ4v) is 2.95. The van der Waals surface area contributed by atoms with Gasteiger partial charge in [-0.3, -0.25) is 0 Å². The molecule has 0 aliphatic rings. The molecule has 1 N–H and O–H groups in total. The van der Waals surface area contributed by atoms with Crippen molar-refractivity contribution in [1.82, 2.24) is 5.32 Å². The summed E-state index contributed by atoms with van der Waals surface area (Å²) in [5, 5.41) is 3.33. The molecule has 0 aliphatic heterocycles. The quantitative estimate of drug-likeness (QED) is 0.836. The Morgan fingerprint density at radius 2 is 1.63 bits per heavy atom. The van der Waals surface area contributed by atoms with E-state index in [1.165, 1.54) is 19.1 Å². The summed E-state index contributed by atoms with van der Waals surface area (Å²) in [6.07, 6.45) is 4.68. The molecule has 0 saturated heterocycles. The molecule has 0 bridgehead atoms. The Labute approximate surface area is 117 Å². The van der Waals surface area contributed by atoms with Gasteiger partial charge in [-0.2, -0.15) is 0 Å². The van der Waals surface area contributed by atoms with Crippen LogP contribution in [-0.4, -0.2) is 21.7 Å². The first-order chi connectivity index (χ1) is 8.92. The Morgan fingerprint density at radius 3 is 2.00 bits per heavy atom. The molecule has 0 amide bonds. The van der Waals surface area contributed by atoms with E-state index in [9.17, 15) is 8.42 Å². The van der Waals surface area contributed by atoms with Crippen molar-refractivity contribution in [1.29, 1.82) is 0 Å². The molecule has 1 rings (SSSR count). The Bertz CT molecular complexity index is 475. The van der Waals surface area contributed by atoms with Gasteiger partial charge in [0.2, 0.25) is 0 Å². The average Bonchev–Trinajstić information content (AvgIpc) is 2.39. The van der Waals surface area contributed by atoms with E-state index in [0.717, 1.165) is 12.0 Å². The van der Waals surface area contributed by atoms with Gasteiger partial charge >= 0.3 is 0 Å². The van der Waals surface area contributed by atoms with E-state index in [2.05, 4.69) is 19.2 Å². The lowest BCUT2D eigenvalue weighted by molar-refractivity contribution is 0.385. The van der Waals surface area contributed by atoms with Gasteiger partial charge in [-0.05, 0) is 37.1 Å². The zero-order valence-electron chi connectivity index (χ0n) is 12.3. The second-order valence-corrected chi connectivity index (χ2v) is 7.12. The molecule has 3 nitrogen and oxygen atoms in total. The van der Waals surface area contributed by atoms with Crippen LogP contribution in [0, 0.1) is 5.92 Å². The van der Waals surface area contributed by atoms with Crippen molar-refractivity contribution in [3.8, 4) is 0 Å². The molecule has 0 heterocycles. The smallest absolute Gasteiger partial charge is 0.175 e. The molecule has 0 fully saturated rings.